The van der Waals surface area contributed by atoms with E-state index >= 15 is 0 Å². The molecule has 1 spiro atoms. The van der Waals surface area contributed by atoms with Gasteiger partial charge in [0.25, 0.3) is 0 Å². The number of nitrogens with zero attached hydrogens (tertiary/aromatic N) is 1. The maximum atomic E-state index is 4.59. The number of hydrogen-bond acceptors (Lipinski definition) is 3. The molecule has 1 aliphatic carbocycles. The van der Waals surface area contributed by atoms with Crippen molar-refractivity contribution in [1.29, 1.82) is 0 Å². The molecule has 0 saturated heterocycles. The molecular weight excluding hydrogens is 222 g/mol. The van der Waals surface area contributed by atoms with Gasteiger partial charge in [-0.15, -0.1) is 0 Å². The summed E-state index contributed by atoms with van der Waals surface area (Å²) < 4.78 is 0. The number of anilines is 2. The van der Waals surface area contributed by atoms with Gasteiger partial charge in [-0.3, -0.25) is 0 Å². The lowest BCUT2D eigenvalue weighted by molar-refractivity contribution is 0.185. The summed E-state index contributed by atoms with van der Waals surface area (Å²) in [6.07, 6.45) is 5.40. The van der Waals surface area contributed by atoms with Crippen molar-refractivity contribution in [1.82, 2.24) is 4.98 Å². The van der Waals surface area contributed by atoms with E-state index in [1.165, 1.54) is 25.7 Å². The van der Waals surface area contributed by atoms with Gasteiger partial charge in [0.15, 0.2) is 0 Å². The van der Waals surface area contributed by atoms with Gasteiger partial charge in [0.1, 0.15) is 5.82 Å². The smallest absolute Gasteiger partial charge is 0.149 e. The molecular formula is C15H23N3. The average Bonchev–Trinajstić information content (AvgIpc) is 2.54. The van der Waals surface area contributed by atoms with Gasteiger partial charge in [0.2, 0.25) is 0 Å². The highest BCUT2D eigenvalue weighted by Gasteiger charge is 2.35. The molecule has 2 aliphatic rings. The highest BCUT2D eigenvalue weighted by molar-refractivity contribution is 5.65. The summed E-state index contributed by atoms with van der Waals surface area (Å²) in [4.78, 5) is 4.59. The zero-order chi connectivity index (χ0) is 12.6. The van der Waals surface area contributed by atoms with Gasteiger partial charge in [-0.1, -0.05) is 19.8 Å². The first-order valence-corrected chi connectivity index (χ1v) is 7.12. The van der Waals surface area contributed by atoms with Crippen LogP contribution in [0.2, 0.25) is 0 Å². The number of aromatic nitrogens is 1. The van der Waals surface area contributed by atoms with Crippen LogP contribution in [0.25, 0.3) is 0 Å². The fourth-order valence-electron chi connectivity index (χ4n) is 3.18. The van der Waals surface area contributed by atoms with Crippen molar-refractivity contribution < 1.29 is 0 Å². The topological polar surface area (TPSA) is 37.0 Å². The second-order valence-corrected chi connectivity index (χ2v) is 6.24. The molecule has 1 aliphatic heterocycles. The Hall–Kier alpha value is -1.25. The molecule has 98 valence electrons. The summed E-state index contributed by atoms with van der Waals surface area (Å²) in [5.74, 6) is 1.94. The molecule has 0 aromatic carbocycles. The Morgan fingerprint density at radius 3 is 2.67 bits per heavy atom. The number of aryl methyl sites for hydroxylation is 1. The number of nitrogens with one attached hydrogen (secondary N) is 2. The van der Waals surface area contributed by atoms with Crippen LogP contribution in [-0.4, -0.2) is 18.1 Å². The second-order valence-electron chi connectivity index (χ2n) is 6.24. The van der Waals surface area contributed by atoms with Gasteiger partial charge in [0, 0.05) is 24.2 Å². The van der Waals surface area contributed by atoms with E-state index in [0.717, 1.165) is 36.2 Å². The molecule has 18 heavy (non-hydrogen) atoms. The van der Waals surface area contributed by atoms with Crippen LogP contribution in [0.3, 0.4) is 0 Å². The number of pyridine rings is 1. The van der Waals surface area contributed by atoms with Crippen molar-refractivity contribution in [2.75, 3.05) is 23.7 Å². The third-order valence-corrected chi connectivity index (χ3v) is 4.65. The maximum Gasteiger partial charge on any atom is 0.149 e. The van der Waals surface area contributed by atoms with E-state index in [1.807, 2.05) is 6.92 Å². The van der Waals surface area contributed by atoms with Crippen molar-refractivity contribution in [2.45, 2.75) is 39.5 Å². The van der Waals surface area contributed by atoms with Gasteiger partial charge in [-0.2, -0.15) is 0 Å². The highest BCUT2D eigenvalue weighted by Crippen LogP contribution is 2.41. The first-order valence-electron chi connectivity index (χ1n) is 7.12. The van der Waals surface area contributed by atoms with Crippen molar-refractivity contribution in [2.24, 2.45) is 11.3 Å². The Kier molecular flexibility index (Phi) is 2.92. The lowest BCUT2D eigenvalue weighted by Crippen LogP contribution is -2.38. The van der Waals surface area contributed by atoms with Gasteiger partial charge < -0.3 is 10.6 Å². The first kappa shape index (κ1) is 11.8. The lowest BCUT2D eigenvalue weighted by atomic mass is 9.71. The van der Waals surface area contributed by atoms with Crippen LogP contribution in [0, 0.1) is 18.3 Å². The summed E-state index contributed by atoms with van der Waals surface area (Å²) in [7, 11) is 0. The third-order valence-electron chi connectivity index (χ3n) is 4.65. The van der Waals surface area contributed by atoms with Gasteiger partial charge in [-0.05, 0) is 37.8 Å². The normalized spacial score (nSPS) is 31.1. The van der Waals surface area contributed by atoms with Crippen LogP contribution >= 0.6 is 0 Å². The molecule has 1 aromatic heterocycles. The van der Waals surface area contributed by atoms with Gasteiger partial charge >= 0.3 is 0 Å². The van der Waals surface area contributed by atoms with E-state index < -0.39 is 0 Å². The van der Waals surface area contributed by atoms with Crippen LogP contribution in [0.15, 0.2) is 12.1 Å². The molecule has 0 atom stereocenters. The SMILES string of the molecule is Cc1ccc2c(n1)NCC1(CCC(C)CC1)CN2. The first-order chi connectivity index (χ1) is 8.67. The molecule has 2 heterocycles. The summed E-state index contributed by atoms with van der Waals surface area (Å²) >= 11 is 0. The van der Waals surface area contributed by atoms with Crippen molar-refractivity contribution in [3.63, 3.8) is 0 Å². The summed E-state index contributed by atoms with van der Waals surface area (Å²) in [5.41, 5.74) is 2.67. The lowest BCUT2D eigenvalue weighted by Gasteiger charge is -2.38. The highest BCUT2D eigenvalue weighted by atomic mass is 15.1. The average molecular weight is 245 g/mol. The van der Waals surface area contributed by atoms with E-state index in [2.05, 4.69) is 34.7 Å². The molecule has 0 bridgehead atoms. The summed E-state index contributed by atoms with van der Waals surface area (Å²) in [6.45, 7) is 6.58. The van der Waals surface area contributed by atoms with Gasteiger partial charge in [0.05, 0.1) is 5.69 Å². The zero-order valence-corrected chi connectivity index (χ0v) is 11.4. The molecule has 3 nitrogen and oxygen atoms in total. The third kappa shape index (κ3) is 2.18. The molecule has 1 fully saturated rings. The van der Waals surface area contributed by atoms with Crippen LogP contribution in [0.5, 0.6) is 0 Å². The molecule has 1 aromatic rings. The van der Waals surface area contributed by atoms with Crippen LogP contribution in [0.1, 0.15) is 38.3 Å². The molecule has 0 amide bonds. The predicted octanol–water partition coefficient (Wildman–Crippen LogP) is 3.42. The second kappa shape index (κ2) is 4.45. The number of rotatable bonds is 0. The Balaban J connectivity index is 1.78. The Morgan fingerprint density at radius 1 is 1.17 bits per heavy atom. The molecule has 0 unspecified atom stereocenters. The molecule has 0 radical (unpaired) electrons. The minimum Gasteiger partial charge on any atom is -0.381 e. The number of hydrogen-bond donors (Lipinski definition) is 2. The number of fused-ring (bicyclic) bond motifs is 1. The van der Waals surface area contributed by atoms with E-state index in [0.29, 0.717) is 5.41 Å². The molecule has 3 rings (SSSR count). The zero-order valence-electron chi connectivity index (χ0n) is 11.4. The quantitative estimate of drug-likeness (QED) is 0.735. The van der Waals surface area contributed by atoms with Crippen molar-refractivity contribution >= 4 is 11.5 Å². The van der Waals surface area contributed by atoms with Crippen LogP contribution in [-0.2, 0) is 0 Å². The van der Waals surface area contributed by atoms with Crippen molar-refractivity contribution in [3.8, 4) is 0 Å². The Bertz CT molecular complexity index is 433. The van der Waals surface area contributed by atoms with E-state index in [-0.39, 0.29) is 0 Å². The largest absolute Gasteiger partial charge is 0.381 e. The Morgan fingerprint density at radius 2 is 1.89 bits per heavy atom. The van der Waals surface area contributed by atoms with E-state index in [4.69, 9.17) is 0 Å². The van der Waals surface area contributed by atoms with E-state index in [1.54, 1.807) is 0 Å². The fraction of sp³-hybridized carbons (Fsp3) is 0.667. The minimum absolute atomic E-state index is 0.432. The van der Waals surface area contributed by atoms with E-state index in [9.17, 15) is 0 Å². The molecule has 3 heteroatoms. The molecule has 2 N–H and O–H groups in total. The molecule has 1 saturated carbocycles. The Labute approximate surface area is 109 Å². The summed E-state index contributed by atoms with van der Waals surface area (Å²) in [6, 6.07) is 4.23. The van der Waals surface area contributed by atoms with Crippen molar-refractivity contribution in [3.05, 3.63) is 17.8 Å². The predicted molar refractivity (Wildman–Crippen MR) is 76.0 cm³/mol. The van der Waals surface area contributed by atoms with Gasteiger partial charge in [-0.25, -0.2) is 4.98 Å². The fourth-order valence-corrected chi connectivity index (χ4v) is 3.18. The standard InChI is InChI=1S/C15H23N3/c1-11-5-7-15(8-6-11)9-16-13-4-3-12(2)18-14(13)17-10-15/h3-4,11,16H,5-10H2,1-2H3,(H,17,18). The van der Waals surface area contributed by atoms with Crippen LogP contribution in [0.4, 0.5) is 11.5 Å². The monoisotopic (exact) mass is 245 g/mol. The van der Waals surface area contributed by atoms with Crippen LogP contribution < -0.4 is 10.6 Å². The summed E-state index contributed by atoms with van der Waals surface area (Å²) in [5, 5.41) is 7.17. The maximum absolute atomic E-state index is 4.59. The minimum atomic E-state index is 0.432.